The van der Waals surface area contributed by atoms with Crippen LogP contribution in [0.4, 0.5) is 0 Å². The van der Waals surface area contributed by atoms with Crippen molar-refractivity contribution < 1.29 is 9.15 Å². The van der Waals surface area contributed by atoms with Gasteiger partial charge in [0.1, 0.15) is 17.9 Å². The average molecular weight is 352 g/mol. The summed E-state index contributed by atoms with van der Waals surface area (Å²) in [7, 11) is 2.19. The maximum atomic E-state index is 6.04. The van der Waals surface area contributed by atoms with Gasteiger partial charge < -0.3 is 14.1 Å². The lowest BCUT2D eigenvalue weighted by Gasteiger charge is -2.32. The van der Waals surface area contributed by atoms with Crippen LogP contribution < -0.4 is 4.74 Å². The summed E-state index contributed by atoms with van der Waals surface area (Å²) in [6.07, 6.45) is 4.09. The normalized spacial score (nSPS) is 16.5. The lowest BCUT2D eigenvalue weighted by Crippen LogP contribution is -2.45. The molecule has 2 heterocycles. The molecule has 0 aliphatic carbocycles. The number of hydrogen-bond acceptors (Lipinski definition) is 4. The maximum Gasteiger partial charge on any atom is 0.134 e. The Labute approximate surface area is 155 Å². The van der Waals surface area contributed by atoms with Crippen LogP contribution >= 0.6 is 0 Å². The van der Waals surface area contributed by atoms with Crippen LogP contribution in [0.3, 0.4) is 0 Å². The summed E-state index contributed by atoms with van der Waals surface area (Å²) in [6.45, 7) is 8.51. The Bertz CT molecular complexity index is 878. The Morgan fingerprint density at radius 2 is 1.92 bits per heavy atom. The van der Waals surface area contributed by atoms with Crippen molar-refractivity contribution in [2.45, 2.75) is 19.8 Å². The molecule has 0 saturated carbocycles. The zero-order valence-corrected chi connectivity index (χ0v) is 15.8. The number of likely N-dealkylation sites (N-methyl/N-ethyl adjacent to an activating group) is 1. The zero-order chi connectivity index (χ0) is 17.9. The zero-order valence-electron chi connectivity index (χ0n) is 15.8. The number of hydrogen-bond donors (Lipinski definition) is 0. The minimum Gasteiger partial charge on any atom is -0.492 e. The van der Waals surface area contributed by atoms with Crippen LogP contribution in [0.1, 0.15) is 18.9 Å². The quantitative estimate of drug-likeness (QED) is 0.666. The molecule has 0 N–H and O–H groups in total. The first kappa shape index (κ1) is 17.4. The molecule has 26 heavy (non-hydrogen) atoms. The van der Waals surface area contributed by atoms with Gasteiger partial charge in [-0.3, -0.25) is 4.90 Å². The van der Waals surface area contributed by atoms with Gasteiger partial charge >= 0.3 is 0 Å². The van der Waals surface area contributed by atoms with Gasteiger partial charge in [0.15, 0.2) is 0 Å². The first-order valence-electron chi connectivity index (χ1n) is 9.71. The molecule has 4 rings (SSSR count). The van der Waals surface area contributed by atoms with Crippen LogP contribution in [-0.4, -0.2) is 56.2 Å². The highest BCUT2D eigenvalue weighted by molar-refractivity contribution is 6.07. The molecule has 3 aromatic rings. The maximum absolute atomic E-state index is 6.04. The summed E-state index contributed by atoms with van der Waals surface area (Å²) in [4.78, 5) is 4.86. The highest BCUT2D eigenvalue weighted by atomic mass is 16.5. The molecule has 1 saturated heterocycles. The minimum absolute atomic E-state index is 0.740. The van der Waals surface area contributed by atoms with Gasteiger partial charge in [0.2, 0.25) is 0 Å². The first-order valence-corrected chi connectivity index (χ1v) is 9.71. The average Bonchev–Trinajstić information content (AvgIpc) is 3.07. The summed E-state index contributed by atoms with van der Waals surface area (Å²) in [5, 5.41) is 3.73. The predicted molar refractivity (Wildman–Crippen MR) is 107 cm³/mol. The van der Waals surface area contributed by atoms with E-state index in [1.807, 2.05) is 6.26 Å². The van der Waals surface area contributed by atoms with Gasteiger partial charge in [-0.05, 0) is 54.1 Å². The second-order valence-corrected chi connectivity index (χ2v) is 7.33. The lowest BCUT2D eigenvalue weighted by molar-refractivity contribution is 0.134. The Morgan fingerprint density at radius 1 is 1.08 bits per heavy atom. The van der Waals surface area contributed by atoms with Gasteiger partial charge in [-0.25, -0.2) is 0 Å². The largest absolute Gasteiger partial charge is 0.492 e. The van der Waals surface area contributed by atoms with E-state index in [1.54, 1.807) is 0 Å². The van der Waals surface area contributed by atoms with Crippen molar-refractivity contribution in [2.75, 3.05) is 46.4 Å². The summed E-state index contributed by atoms with van der Waals surface area (Å²) in [6, 6.07) is 10.6. The molecule has 2 aromatic carbocycles. The molecule has 0 spiro atoms. The molecule has 0 amide bonds. The SMILES string of the molecule is CCCc1coc2ccc3cc(OCCN4CCN(C)CC4)ccc3c12. The van der Waals surface area contributed by atoms with E-state index in [-0.39, 0.29) is 0 Å². The van der Waals surface area contributed by atoms with Gasteiger partial charge in [-0.15, -0.1) is 0 Å². The van der Waals surface area contributed by atoms with E-state index < -0.39 is 0 Å². The van der Waals surface area contributed by atoms with Crippen LogP contribution in [0, 0.1) is 0 Å². The van der Waals surface area contributed by atoms with E-state index in [9.17, 15) is 0 Å². The van der Waals surface area contributed by atoms with E-state index in [2.05, 4.69) is 54.1 Å². The van der Waals surface area contributed by atoms with E-state index >= 15 is 0 Å². The molecule has 138 valence electrons. The van der Waals surface area contributed by atoms with Gasteiger partial charge in [-0.1, -0.05) is 19.4 Å². The molecule has 1 aliphatic heterocycles. The molecule has 4 nitrogen and oxygen atoms in total. The van der Waals surface area contributed by atoms with Crippen molar-refractivity contribution in [3.63, 3.8) is 0 Å². The van der Waals surface area contributed by atoms with Crippen LogP contribution in [0.15, 0.2) is 41.0 Å². The molecule has 1 aliphatic rings. The molecule has 0 bridgehead atoms. The van der Waals surface area contributed by atoms with E-state index in [0.29, 0.717) is 0 Å². The molecule has 1 fully saturated rings. The van der Waals surface area contributed by atoms with Crippen molar-refractivity contribution in [3.8, 4) is 5.75 Å². The third-order valence-electron chi connectivity index (χ3n) is 5.39. The van der Waals surface area contributed by atoms with E-state index in [4.69, 9.17) is 9.15 Å². The number of fused-ring (bicyclic) bond motifs is 3. The highest BCUT2D eigenvalue weighted by Gasteiger charge is 2.13. The summed E-state index contributed by atoms with van der Waals surface area (Å²) < 4.78 is 11.8. The lowest BCUT2D eigenvalue weighted by atomic mass is 10.0. The standard InChI is InChI=1S/C22H28N2O2/c1-3-4-18-16-26-21-8-5-17-15-19(6-7-20(17)22(18)21)25-14-13-24-11-9-23(2)10-12-24/h5-8,15-16H,3-4,9-14H2,1-2H3. The first-order chi connectivity index (χ1) is 12.7. The number of nitrogens with zero attached hydrogens (tertiary/aromatic N) is 2. The number of ether oxygens (including phenoxy) is 1. The Morgan fingerprint density at radius 3 is 2.73 bits per heavy atom. The fourth-order valence-electron chi connectivity index (χ4n) is 3.82. The number of benzene rings is 2. The minimum atomic E-state index is 0.740. The molecule has 1 aromatic heterocycles. The summed E-state index contributed by atoms with van der Waals surface area (Å²) in [5.41, 5.74) is 2.28. The predicted octanol–water partition coefficient (Wildman–Crippen LogP) is 4.16. The van der Waals surface area contributed by atoms with Crippen molar-refractivity contribution in [1.29, 1.82) is 0 Å². The monoisotopic (exact) mass is 352 g/mol. The van der Waals surface area contributed by atoms with E-state index in [0.717, 1.165) is 63.5 Å². The van der Waals surface area contributed by atoms with Crippen LogP contribution in [0.2, 0.25) is 0 Å². The Balaban J connectivity index is 1.47. The van der Waals surface area contributed by atoms with Crippen molar-refractivity contribution in [1.82, 2.24) is 9.80 Å². The molecule has 0 atom stereocenters. The molecular weight excluding hydrogens is 324 g/mol. The summed E-state index contributed by atoms with van der Waals surface area (Å²) in [5.74, 6) is 0.950. The van der Waals surface area contributed by atoms with Crippen molar-refractivity contribution >= 4 is 21.7 Å². The third-order valence-corrected chi connectivity index (χ3v) is 5.39. The number of furan rings is 1. The van der Waals surface area contributed by atoms with E-state index in [1.165, 1.54) is 21.7 Å². The molecule has 0 unspecified atom stereocenters. The number of aryl methyl sites for hydroxylation is 1. The fourth-order valence-corrected chi connectivity index (χ4v) is 3.82. The van der Waals surface area contributed by atoms with Gasteiger partial charge in [-0.2, -0.15) is 0 Å². The van der Waals surface area contributed by atoms with Crippen molar-refractivity contribution in [2.24, 2.45) is 0 Å². The van der Waals surface area contributed by atoms with Crippen LogP contribution in [0.5, 0.6) is 5.75 Å². The number of piperazine rings is 1. The Hall–Kier alpha value is -2.04. The second kappa shape index (κ2) is 7.68. The van der Waals surface area contributed by atoms with Crippen molar-refractivity contribution in [3.05, 3.63) is 42.2 Å². The summed E-state index contributed by atoms with van der Waals surface area (Å²) >= 11 is 0. The van der Waals surface area contributed by atoms with Gasteiger partial charge in [0, 0.05) is 38.1 Å². The van der Waals surface area contributed by atoms with Gasteiger partial charge in [0.05, 0.1) is 6.26 Å². The fraction of sp³-hybridized carbons (Fsp3) is 0.455. The molecule has 4 heteroatoms. The van der Waals surface area contributed by atoms with Crippen LogP contribution in [0.25, 0.3) is 21.7 Å². The molecule has 0 radical (unpaired) electrons. The molecular formula is C22H28N2O2. The van der Waals surface area contributed by atoms with Gasteiger partial charge in [0.25, 0.3) is 0 Å². The number of rotatable bonds is 6. The highest BCUT2D eigenvalue weighted by Crippen LogP contribution is 2.32. The smallest absolute Gasteiger partial charge is 0.134 e. The van der Waals surface area contributed by atoms with Crippen LogP contribution in [-0.2, 0) is 6.42 Å². The second-order valence-electron chi connectivity index (χ2n) is 7.33. The Kier molecular flexibility index (Phi) is 5.14. The third kappa shape index (κ3) is 3.57. The topological polar surface area (TPSA) is 28.9 Å².